The molecule has 146 valence electrons. The Kier molecular flexibility index (Phi) is 7.39. The molecule has 0 aliphatic heterocycles. The molecule has 0 saturated carbocycles. The number of ether oxygens (including phenoxy) is 1. The van der Waals surface area contributed by atoms with E-state index in [9.17, 15) is 0 Å². The van der Waals surface area contributed by atoms with E-state index in [1.807, 2.05) is 0 Å². The summed E-state index contributed by atoms with van der Waals surface area (Å²) in [5, 5.41) is 10.2. The van der Waals surface area contributed by atoms with Crippen molar-refractivity contribution in [1.82, 2.24) is 14.8 Å². The predicted molar refractivity (Wildman–Crippen MR) is 111 cm³/mol. The molecule has 0 unspecified atom stereocenters. The molecule has 0 radical (unpaired) electrons. The molecule has 0 fully saturated rings. The number of aromatic nitrogens is 3. The number of oxime groups is 1. The lowest BCUT2D eigenvalue weighted by Crippen LogP contribution is -2.14. The van der Waals surface area contributed by atoms with Gasteiger partial charge in [0, 0.05) is 15.6 Å². The first-order chi connectivity index (χ1) is 13.5. The van der Waals surface area contributed by atoms with E-state index in [0.29, 0.717) is 43.7 Å². The van der Waals surface area contributed by atoms with E-state index < -0.39 is 0 Å². The molecule has 0 aliphatic rings. The molecule has 6 nitrogen and oxygen atoms in total. The minimum atomic E-state index is 0.199. The second kappa shape index (κ2) is 9.98. The zero-order chi connectivity index (χ0) is 19.9. The lowest BCUT2D eigenvalue weighted by molar-refractivity contribution is 0.106. The van der Waals surface area contributed by atoms with Gasteiger partial charge in [-0.05, 0) is 36.4 Å². The molecule has 2 aromatic carbocycles. The highest BCUT2D eigenvalue weighted by Gasteiger charge is 2.12. The van der Waals surface area contributed by atoms with Crippen molar-refractivity contribution in [2.45, 2.75) is 6.54 Å². The summed E-state index contributed by atoms with van der Waals surface area (Å²) in [4.78, 5) is 9.33. The maximum atomic E-state index is 6.30. The monoisotopic (exact) mass is 458 g/mol. The van der Waals surface area contributed by atoms with Crippen LogP contribution < -0.4 is 4.74 Å². The van der Waals surface area contributed by atoms with Gasteiger partial charge in [-0.2, -0.15) is 5.10 Å². The van der Waals surface area contributed by atoms with Crippen molar-refractivity contribution < 1.29 is 9.57 Å². The summed E-state index contributed by atoms with van der Waals surface area (Å²) in [7, 11) is 0. The fourth-order valence-electron chi connectivity index (χ4n) is 2.26. The van der Waals surface area contributed by atoms with Crippen LogP contribution in [-0.4, -0.2) is 33.7 Å². The SMILES string of the molecule is Clc1ccc(OCCON=C(Cn2cncn2)c2ccc(Cl)cc2Cl)c(Cl)c1. The third kappa shape index (κ3) is 5.75. The summed E-state index contributed by atoms with van der Waals surface area (Å²) in [6.07, 6.45) is 3.01. The fraction of sp³-hybridized carbons (Fsp3) is 0.167. The van der Waals surface area contributed by atoms with Crippen molar-refractivity contribution in [3.8, 4) is 5.75 Å². The summed E-state index contributed by atoms with van der Waals surface area (Å²) in [5.74, 6) is 0.516. The molecule has 3 rings (SSSR count). The van der Waals surface area contributed by atoms with Crippen molar-refractivity contribution in [1.29, 1.82) is 0 Å². The molecular weight excluding hydrogens is 446 g/mol. The molecule has 1 aromatic heterocycles. The molecule has 0 bridgehead atoms. The Balaban J connectivity index is 1.65. The lowest BCUT2D eigenvalue weighted by Gasteiger charge is -2.10. The Morgan fingerprint density at radius 1 is 0.964 bits per heavy atom. The van der Waals surface area contributed by atoms with E-state index in [2.05, 4.69) is 15.2 Å². The van der Waals surface area contributed by atoms with E-state index in [1.54, 1.807) is 47.4 Å². The maximum absolute atomic E-state index is 6.30. The van der Waals surface area contributed by atoms with Gasteiger partial charge >= 0.3 is 0 Å². The largest absolute Gasteiger partial charge is 0.488 e. The molecule has 0 spiro atoms. The van der Waals surface area contributed by atoms with Crippen LogP contribution in [0.25, 0.3) is 0 Å². The van der Waals surface area contributed by atoms with Crippen LogP contribution in [0.2, 0.25) is 20.1 Å². The number of rotatable bonds is 8. The molecule has 3 aromatic rings. The van der Waals surface area contributed by atoms with E-state index in [-0.39, 0.29) is 13.2 Å². The molecule has 0 atom stereocenters. The summed E-state index contributed by atoms with van der Waals surface area (Å²) < 4.78 is 7.18. The minimum absolute atomic E-state index is 0.199. The molecule has 1 heterocycles. The van der Waals surface area contributed by atoms with E-state index in [4.69, 9.17) is 56.0 Å². The second-order valence-electron chi connectivity index (χ2n) is 5.51. The van der Waals surface area contributed by atoms with Gasteiger partial charge in [-0.3, -0.25) is 0 Å². The maximum Gasteiger partial charge on any atom is 0.151 e. The third-order valence-corrected chi connectivity index (χ3v) is 4.60. The van der Waals surface area contributed by atoms with Gasteiger partial charge in [0.1, 0.15) is 30.7 Å². The van der Waals surface area contributed by atoms with Gasteiger partial charge in [-0.1, -0.05) is 51.6 Å². The molecule has 0 amide bonds. The van der Waals surface area contributed by atoms with Crippen LogP contribution >= 0.6 is 46.4 Å². The molecule has 28 heavy (non-hydrogen) atoms. The highest BCUT2D eigenvalue weighted by atomic mass is 35.5. The summed E-state index contributed by atoms with van der Waals surface area (Å²) in [6.45, 7) is 0.770. The highest BCUT2D eigenvalue weighted by Crippen LogP contribution is 2.27. The van der Waals surface area contributed by atoms with Gasteiger partial charge in [0.15, 0.2) is 6.61 Å². The van der Waals surface area contributed by atoms with Crippen LogP contribution in [0, 0.1) is 0 Å². The minimum Gasteiger partial charge on any atom is -0.488 e. The van der Waals surface area contributed by atoms with Gasteiger partial charge in [0.25, 0.3) is 0 Å². The van der Waals surface area contributed by atoms with E-state index >= 15 is 0 Å². The van der Waals surface area contributed by atoms with Gasteiger partial charge in [0.2, 0.25) is 0 Å². The van der Waals surface area contributed by atoms with Crippen LogP contribution in [0.4, 0.5) is 0 Å². The van der Waals surface area contributed by atoms with E-state index in [1.165, 1.54) is 6.33 Å². The Bertz CT molecular complexity index is 964. The van der Waals surface area contributed by atoms with Crippen LogP contribution in [0.3, 0.4) is 0 Å². The van der Waals surface area contributed by atoms with Crippen LogP contribution in [0.1, 0.15) is 5.56 Å². The lowest BCUT2D eigenvalue weighted by atomic mass is 10.1. The molecular formula is C18H14Cl4N4O2. The van der Waals surface area contributed by atoms with Gasteiger partial charge < -0.3 is 9.57 Å². The van der Waals surface area contributed by atoms with Crippen molar-refractivity contribution >= 4 is 52.1 Å². The Labute approximate surface area is 181 Å². The predicted octanol–water partition coefficient (Wildman–Crippen LogP) is 5.39. The first kappa shape index (κ1) is 20.7. The molecule has 0 aliphatic carbocycles. The van der Waals surface area contributed by atoms with Crippen LogP contribution in [0.15, 0.2) is 54.2 Å². The average molecular weight is 460 g/mol. The van der Waals surface area contributed by atoms with Gasteiger partial charge in [0.05, 0.1) is 16.6 Å². The number of benzene rings is 2. The third-order valence-electron chi connectivity index (χ3n) is 3.52. The zero-order valence-corrected chi connectivity index (χ0v) is 17.4. The van der Waals surface area contributed by atoms with Gasteiger partial charge in [-0.25, -0.2) is 9.67 Å². The first-order valence-electron chi connectivity index (χ1n) is 8.07. The fourth-order valence-corrected chi connectivity index (χ4v) is 3.24. The standard InChI is InChI=1S/C18H14Cl4N4O2/c19-12-1-3-14(15(21)7-12)17(9-26-11-23-10-24-26)25-28-6-5-27-18-4-2-13(20)8-16(18)22/h1-4,7-8,10-11H,5-6,9H2. The van der Waals surface area contributed by atoms with E-state index in [0.717, 1.165) is 0 Å². The Hall–Kier alpha value is -1.99. The molecule has 0 saturated heterocycles. The molecule has 10 heteroatoms. The first-order valence-corrected chi connectivity index (χ1v) is 9.58. The molecule has 0 N–H and O–H groups in total. The average Bonchev–Trinajstić information content (AvgIpc) is 3.15. The van der Waals surface area contributed by atoms with Crippen molar-refractivity contribution in [3.05, 3.63) is 74.7 Å². The zero-order valence-electron chi connectivity index (χ0n) is 14.4. The van der Waals surface area contributed by atoms with Crippen molar-refractivity contribution in [2.24, 2.45) is 5.16 Å². The Morgan fingerprint density at radius 2 is 1.71 bits per heavy atom. The van der Waals surface area contributed by atoms with Crippen LogP contribution in [-0.2, 0) is 11.4 Å². The smallest absolute Gasteiger partial charge is 0.151 e. The van der Waals surface area contributed by atoms with Crippen molar-refractivity contribution in [3.63, 3.8) is 0 Å². The topological polar surface area (TPSA) is 61.5 Å². The summed E-state index contributed by atoms with van der Waals surface area (Å²) in [5.41, 5.74) is 1.25. The highest BCUT2D eigenvalue weighted by molar-refractivity contribution is 6.37. The van der Waals surface area contributed by atoms with Gasteiger partial charge in [-0.15, -0.1) is 0 Å². The summed E-state index contributed by atoms with van der Waals surface area (Å²) >= 11 is 24.2. The van der Waals surface area contributed by atoms with Crippen molar-refractivity contribution in [2.75, 3.05) is 13.2 Å². The summed E-state index contributed by atoms with van der Waals surface area (Å²) in [6, 6.07) is 10.1. The number of halogens is 4. The normalized spacial score (nSPS) is 11.5. The number of hydrogen-bond acceptors (Lipinski definition) is 5. The number of nitrogens with zero attached hydrogens (tertiary/aromatic N) is 4. The number of hydrogen-bond donors (Lipinski definition) is 0. The Morgan fingerprint density at radius 3 is 2.39 bits per heavy atom. The quantitative estimate of drug-likeness (QED) is 0.257. The van der Waals surface area contributed by atoms with Crippen LogP contribution in [0.5, 0.6) is 5.75 Å². The second-order valence-corrected chi connectivity index (χ2v) is 7.20.